The van der Waals surface area contributed by atoms with E-state index in [0.717, 1.165) is 12.8 Å². The molecule has 3 heteroatoms. The van der Waals surface area contributed by atoms with Crippen LogP contribution in [-0.4, -0.2) is 32.2 Å². The molecule has 0 saturated carbocycles. The fourth-order valence-electron chi connectivity index (χ4n) is 2.46. The second-order valence-electron chi connectivity index (χ2n) is 5.98. The average Bonchev–Trinajstić information content (AvgIpc) is 2.18. The summed E-state index contributed by atoms with van der Waals surface area (Å²) in [6, 6.07) is 0. The zero-order valence-corrected chi connectivity index (χ0v) is 11.5. The molecule has 0 N–H and O–H groups in total. The third-order valence-electron chi connectivity index (χ3n) is 3.44. The van der Waals surface area contributed by atoms with Crippen molar-refractivity contribution < 1.29 is 14.2 Å². The lowest BCUT2D eigenvalue weighted by atomic mass is 9.81. The maximum atomic E-state index is 6.23. The Bertz CT molecular complexity index is 218. The van der Waals surface area contributed by atoms with Gasteiger partial charge in [0.15, 0.2) is 6.29 Å². The molecule has 0 aromatic rings. The van der Waals surface area contributed by atoms with Crippen LogP contribution in [-0.2, 0) is 14.2 Å². The molecule has 1 saturated heterocycles. The van der Waals surface area contributed by atoms with Crippen LogP contribution in [0.4, 0.5) is 0 Å². The van der Waals surface area contributed by atoms with Gasteiger partial charge < -0.3 is 14.2 Å². The molecule has 0 aromatic heterocycles. The second kappa shape index (κ2) is 5.03. The van der Waals surface area contributed by atoms with E-state index in [0.29, 0.717) is 0 Å². The molecule has 1 aliphatic heterocycles. The highest BCUT2D eigenvalue weighted by Crippen LogP contribution is 2.39. The molecule has 0 unspecified atom stereocenters. The Morgan fingerprint density at radius 3 is 2.25 bits per heavy atom. The summed E-state index contributed by atoms with van der Waals surface area (Å²) in [5.74, 6) is 0. The Labute approximate surface area is 99.5 Å². The first kappa shape index (κ1) is 13.9. The van der Waals surface area contributed by atoms with Crippen LogP contribution in [0.25, 0.3) is 0 Å². The molecule has 0 bridgehead atoms. The predicted octanol–water partition coefficient (Wildman–Crippen LogP) is 2.98. The van der Waals surface area contributed by atoms with E-state index in [1.807, 2.05) is 0 Å². The molecular formula is C13H26O3. The highest BCUT2D eigenvalue weighted by Gasteiger charge is 2.43. The number of hydrogen-bond acceptors (Lipinski definition) is 3. The first-order valence-electron chi connectivity index (χ1n) is 6.07. The van der Waals surface area contributed by atoms with Crippen molar-refractivity contribution in [1.29, 1.82) is 0 Å². The zero-order valence-electron chi connectivity index (χ0n) is 11.5. The van der Waals surface area contributed by atoms with Gasteiger partial charge >= 0.3 is 0 Å². The van der Waals surface area contributed by atoms with E-state index in [1.165, 1.54) is 6.42 Å². The molecule has 1 fully saturated rings. The van der Waals surface area contributed by atoms with Crippen molar-refractivity contribution in [3.05, 3.63) is 0 Å². The summed E-state index contributed by atoms with van der Waals surface area (Å²) in [5, 5.41) is 0. The number of ether oxygens (including phenoxy) is 3. The molecule has 96 valence electrons. The largest absolute Gasteiger partial charge is 0.366 e. The standard InChI is InChI=1S/C13H26O3/c1-12(2,3)10-8-7-9-13(4,16-10)11(14-5)15-6/h10-11H,7-9H2,1-6H3/t10-,13+/m0/s1. The van der Waals surface area contributed by atoms with E-state index in [1.54, 1.807) is 14.2 Å². The first-order valence-corrected chi connectivity index (χ1v) is 6.07. The Kier molecular flexibility index (Phi) is 4.38. The summed E-state index contributed by atoms with van der Waals surface area (Å²) in [4.78, 5) is 0. The molecule has 3 nitrogen and oxygen atoms in total. The van der Waals surface area contributed by atoms with Crippen LogP contribution in [0, 0.1) is 5.41 Å². The van der Waals surface area contributed by atoms with Crippen LogP contribution in [0.5, 0.6) is 0 Å². The fraction of sp³-hybridized carbons (Fsp3) is 1.00. The van der Waals surface area contributed by atoms with Crippen molar-refractivity contribution in [2.75, 3.05) is 14.2 Å². The van der Waals surface area contributed by atoms with Gasteiger partial charge in [-0.2, -0.15) is 0 Å². The lowest BCUT2D eigenvalue weighted by Crippen LogP contribution is -2.51. The van der Waals surface area contributed by atoms with Crippen molar-refractivity contribution in [2.24, 2.45) is 5.41 Å². The SMILES string of the molecule is COC(OC)[C@@]1(C)CCC[C@@H](C(C)(C)C)O1. The van der Waals surface area contributed by atoms with Crippen molar-refractivity contribution in [3.63, 3.8) is 0 Å². The maximum absolute atomic E-state index is 6.23. The van der Waals surface area contributed by atoms with E-state index in [4.69, 9.17) is 14.2 Å². The summed E-state index contributed by atoms with van der Waals surface area (Å²) < 4.78 is 16.9. The van der Waals surface area contributed by atoms with Crippen LogP contribution < -0.4 is 0 Å². The average molecular weight is 230 g/mol. The molecule has 0 radical (unpaired) electrons. The Hall–Kier alpha value is -0.120. The van der Waals surface area contributed by atoms with Crippen LogP contribution in [0.15, 0.2) is 0 Å². The maximum Gasteiger partial charge on any atom is 0.185 e. The monoisotopic (exact) mass is 230 g/mol. The van der Waals surface area contributed by atoms with Gasteiger partial charge in [-0.1, -0.05) is 20.8 Å². The highest BCUT2D eigenvalue weighted by molar-refractivity contribution is 4.89. The van der Waals surface area contributed by atoms with Crippen LogP contribution in [0.2, 0.25) is 0 Å². The number of methoxy groups -OCH3 is 2. The van der Waals surface area contributed by atoms with Crippen molar-refractivity contribution in [3.8, 4) is 0 Å². The van der Waals surface area contributed by atoms with Crippen LogP contribution in [0.3, 0.4) is 0 Å². The van der Waals surface area contributed by atoms with Gasteiger partial charge in [-0.15, -0.1) is 0 Å². The minimum absolute atomic E-state index is 0.174. The van der Waals surface area contributed by atoms with Gasteiger partial charge in [0.25, 0.3) is 0 Å². The van der Waals surface area contributed by atoms with Gasteiger partial charge in [-0.3, -0.25) is 0 Å². The molecule has 0 aliphatic carbocycles. The quantitative estimate of drug-likeness (QED) is 0.698. The lowest BCUT2D eigenvalue weighted by Gasteiger charge is -2.46. The van der Waals surface area contributed by atoms with E-state index in [2.05, 4.69) is 27.7 Å². The van der Waals surface area contributed by atoms with Crippen molar-refractivity contribution in [2.45, 2.75) is 65.0 Å². The minimum atomic E-state index is -0.320. The van der Waals surface area contributed by atoms with E-state index >= 15 is 0 Å². The normalized spacial score (nSPS) is 32.1. The smallest absolute Gasteiger partial charge is 0.185 e. The lowest BCUT2D eigenvalue weighted by molar-refractivity contribution is -0.269. The molecule has 16 heavy (non-hydrogen) atoms. The molecule has 1 heterocycles. The summed E-state index contributed by atoms with van der Waals surface area (Å²) in [6.45, 7) is 8.75. The van der Waals surface area contributed by atoms with Gasteiger partial charge in [0.1, 0.15) is 5.60 Å². The first-order chi connectivity index (χ1) is 7.33. The van der Waals surface area contributed by atoms with Crippen molar-refractivity contribution in [1.82, 2.24) is 0 Å². The van der Waals surface area contributed by atoms with Gasteiger partial charge in [-0.25, -0.2) is 0 Å². The molecule has 0 spiro atoms. The van der Waals surface area contributed by atoms with E-state index in [9.17, 15) is 0 Å². The Morgan fingerprint density at radius 1 is 1.25 bits per heavy atom. The number of rotatable bonds is 3. The summed E-state index contributed by atoms with van der Waals surface area (Å²) in [6.07, 6.45) is 3.28. The van der Waals surface area contributed by atoms with E-state index < -0.39 is 0 Å². The third kappa shape index (κ3) is 2.96. The molecule has 2 atom stereocenters. The van der Waals surface area contributed by atoms with Gasteiger partial charge in [0, 0.05) is 14.2 Å². The van der Waals surface area contributed by atoms with Gasteiger partial charge in [-0.05, 0) is 31.6 Å². The highest BCUT2D eigenvalue weighted by atomic mass is 16.7. The molecule has 0 amide bonds. The van der Waals surface area contributed by atoms with Crippen LogP contribution in [0.1, 0.15) is 47.0 Å². The summed E-state index contributed by atoms with van der Waals surface area (Å²) in [5.41, 5.74) is -0.145. The van der Waals surface area contributed by atoms with E-state index in [-0.39, 0.29) is 23.4 Å². The van der Waals surface area contributed by atoms with Gasteiger partial charge in [0.2, 0.25) is 0 Å². The Morgan fingerprint density at radius 2 is 1.81 bits per heavy atom. The van der Waals surface area contributed by atoms with Crippen LogP contribution >= 0.6 is 0 Å². The molecule has 1 rings (SSSR count). The fourth-order valence-corrected chi connectivity index (χ4v) is 2.46. The second-order valence-corrected chi connectivity index (χ2v) is 5.98. The predicted molar refractivity (Wildman–Crippen MR) is 64.4 cm³/mol. The molecule has 1 aliphatic rings. The minimum Gasteiger partial charge on any atom is -0.366 e. The Balaban J connectivity index is 2.75. The molecular weight excluding hydrogens is 204 g/mol. The zero-order chi connectivity index (χ0) is 12.4. The topological polar surface area (TPSA) is 27.7 Å². The summed E-state index contributed by atoms with van der Waals surface area (Å²) in [7, 11) is 3.34. The summed E-state index contributed by atoms with van der Waals surface area (Å²) >= 11 is 0. The van der Waals surface area contributed by atoms with Crippen molar-refractivity contribution >= 4 is 0 Å². The number of hydrogen-bond donors (Lipinski definition) is 0. The third-order valence-corrected chi connectivity index (χ3v) is 3.44. The molecule has 0 aromatic carbocycles. The van der Waals surface area contributed by atoms with Gasteiger partial charge in [0.05, 0.1) is 6.10 Å².